The highest BCUT2D eigenvalue weighted by Crippen LogP contribution is 2.43. The minimum Gasteiger partial charge on any atom is -0.462 e. The Morgan fingerprint density at radius 2 is 1.04 bits per heavy atom. The van der Waals surface area contributed by atoms with E-state index in [9.17, 15) is 19.0 Å². The third kappa shape index (κ3) is 34.4. The van der Waals surface area contributed by atoms with Crippen molar-refractivity contribution in [3.63, 3.8) is 0 Å². The number of nitrogens with two attached hydrogens (primary N) is 1. The molecule has 47 heavy (non-hydrogen) atoms. The second-order valence-electron chi connectivity index (χ2n) is 12.8. The van der Waals surface area contributed by atoms with Crippen LogP contribution in [-0.2, 0) is 32.7 Å². The molecule has 9 nitrogen and oxygen atoms in total. The van der Waals surface area contributed by atoms with Crippen LogP contribution < -0.4 is 5.73 Å². The van der Waals surface area contributed by atoms with Gasteiger partial charge in [0.2, 0.25) is 0 Å². The van der Waals surface area contributed by atoms with Crippen LogP contribution in [0.3, 0.4) is 0 Å². The van der Waals surface area contributed by atoms with Gasteiger partial charge in [0.15, 0.2) is 6.10 Å². The second kappa shape index (κ2) is 34.6. The molecule has 0 rings (SSSR count). The van der Waals surface area contributed by atoms with Crippen molar-refractivity contribution in [2.24, 2.45) is 5.73 Å². The van der Waals surface area contributed by atoms with Crippen molar-refractivity contribution < 1.29 is 37.6 Å². The van der Waals surface area contributed by atoms with Gasteiger partial charge in [0.05, 0.1) is 13.2 Å². The van der Waals surface area contributed by atoms with Gasteiger partial charge in [-0.2, -0.15) is 0 Å². The van der Waals surface area contributed by atoms with Gasteiger partial charge < -0.3 is 20.1 Å². The van der Waals surface area contributed by atoms with Gasteiger partial charge in [-0.15, -0.1) is 0 Å². The summed E-state index contributed by atoms with van der Waals surface area (Å²) in [6.45, 7) is 3.71. The first-order chi connectivity index (χ1) is 22.8. The number of unbranched alkanes of at least 4 members (excludes halogenated alkanes) is 21. The Bertz CT molecular complexity index is 794. The maximum atomic E-state index is 12.5. The zero-order valence-electron chi connectivity index (χ0n) is 30.3. The Kier molecular flexibility index (Phi) is 33.7. The van der Waals surface area contributed by atoms with Crippen LogP contribution in [0.4, 0.5) is 0 Å². The summed E-state index contributed by atoms with van der Waals surface area (Å²) in [6.07, 6.45) is 32.4. The number of phosphoric ester groups is 1. The van der Waals surface area contributed by atoms with E-state index in [2.05, 4.69) is 26.0 Å². The maximum absolute atomic E-state index is 12.5. The first kappa shape index (κ1) is 45.8. The fraction of sp³-hybridized carbons (Fsp3) is 0.892. The number of esters is 2. The van der Waals surface area contributed by atoms with E-state index in [4.69, 9.17) is 24.3 Å². The topological polar surface area (TPSA) is 134 Å². The molecule has 0 bridgehead atoms. The van der Waals surface area contributed by atoms with Crippen molar-refractivity contribution in [2.75, 3.05) is 26.4 Å². The van der Waals surface area contributed by atoms with Gasteiger partial charge in [-0.05, 0) is 38.5 Å². The summed E-state index contributed by atoms with van der Waals surface area (Å²) in [5.41, 5.74) is 5.33. The standard InChI is InChI=1S/C37H72NO8P/c1-3-5-7-9-11-13-15-17-18-20-22-24-26-28-30-37(40)46-35(34-45-47(41,42)44-32-31-38)33-43-36(39)29-27-25-23-21-19-16-14-12-10-8-6-4-2/h15,17,35H,3-14,16,18-34,38H2,1-2H3,(H,41,42)/b17-15-. The van der Waals surface area contributed by atoms with E-state index in [1.54, 1.807) is 0 Å². The molecule has 278 valence electrons. The zero-order chi connectivity index (χ0) is 34.7. The van der Waals surface area contributed by atoms with E-state index >= 15 is 0 Å². The van der Waals surface area contributed by atoms with Crippen molar-refractivity contribution in [3.05, 3.63) is 12.2 Å². The zero-order valence-corrected chi connectivity index (χ0v) is 31.2. The van der Waals surface area contributed by atoms with Gasteiger partial charge >= 0.3 is 19.8 Å². The number of allylic oxidation sites excluding steroid dienone is 2. The summed E-state index contributed by atoms with van der Waals surface area (Å²) in [7, 11) is -4.37. The van der Waals surface area contributed by atoms with Crippen LogP contribution in [0.15, 0.2) is 12.2 Å². The third-order valence-corrected chi connectivity index (χ3v) is 9.14. The lowest BCUT2D eigenvalue weighted by atomic mass is 10.0. The van der Waals surface area contributed by atoms with Crippen molar-refractivity contribution in [1.82, 2.24) is 0 Å². The molecule has 0 heterocycles. The predicted molar refractivity (Wildman–Crippen MR) is 192 cm³/mol. The first-order valence-electron chi connectivity index (χ1n) is 19.2. The molecule has 2 unspecified atom stereocenters. The molecule has 2 atom stereocenters. The van der Waals surface area contributed by atoms with Crippen LogP contribution in [0.2, 0.25) is 0 Å². The first-order valence-corrected chi connectivity index (χ1v) is 20.7. The molecule has 10 heteroatoms. The number of ether oxygens (including phenoxy) is 2. The van der Waals surface area contributed by atoms with Gasteiger partial charge in [0, 0.05) is 19.4 Å². The highest BCUT2D eigenvalue weighted by atomic mass is 31.2. The Labute approximate surface area is 288 Å². The third-order valence-electron chi connectivity index (χ3n) is 8.15. The number of hydrogen-bond donors (Lipinski definition) is 2. The molecule has 3 N–H and O–H groups in total. The van der Waals surface area contributed by atoms with Gasteiger partial charge in [-0.3, -0.25) is 18.6 Å². The van der Waals surface area contributed by atoms with Crippen molar-refractivity contribution in [2.45, 2.75) is 187 Å². The Balaban J connectivity index is 4.22. The molecule has 0 spiro atoms. The van der Waals surface area contributed by atoms with E-state index in [1.165, 1.54) is 96.3 Å². The van der Waals surface area contributed by atoms with Crippen LogP contribution in [0.25, 0.3) is 0 Å². The van der Waals surface area contributed by atoms with Crippen LogP contribution >= 0.6 is 7.82 Å². The molecule has 0 fully saturated rings. The Morgan fingerprint density at radius 1 is 0.617 bits per heavy atom. The number of carbonyl (C=O) groups excluding carboxylic acids is 2. The van der Waals surface area contributed by atoms with Crippen molar-refractivity contribution in [1.29, 1.82) is 0 Å². The molecule has 0 aliphatic heterocycles. The van der Waals surface area contributed by atoms with Gasteiger partial charge in [0.1, 0.15) is 6.61 Å². The molecule has 0 saturated carbocycles. The number of phosphoric acid groups is 1. The molecular formula is C37H72NO8P. The van der Waals surface area contributed by atoms with E-state index in [1.807, 2.05) is 0 Å². The van der Waals surface area contributed by atoms with Gasteiger partial charge in [0.25, 0.3) is 0 Å². The molecule has 0 radical (unpaired) electrons. The molecule has 0 amide bonds. The Morgan fingerprint density at radius 3 is 1.51 bits per heavy atom. The molecule has 0 aliphatic carbocycles. The predicted octanol–water partition coefficient (Wildman–Crippen LogP) is 10.3. The number of hydrogen-bond acceptors (Lipinski definition) is 8. The lowest BCUT2D eigenvalue weighted by Crippen LogP contribution is -2.29. The SMILES string of the molecule is CCCCCCC/C=C\CCCCCCCC(=O)OC(COC(=O)CCCCCCCCCCCCCC)COP(=O)(O)OCCN. The summed E-state index contributed by atoms with van der Waals surface area (Å²) in [5, 5.41) is 0. The van der Waals surface area contributed by atoms with Crippen LogP contribution in [-0.4, -0.2) is 49.3 Å². The lowest BCUT2D eigenvalue weighted by molar-refractivity contribution is -0.161. The van der Waals surface area contributed by atoms with Crippen molar-refractivity contribution in [3.8, 4) is 0 Å². The second-order valence-corrected chi connectivity index (χ2v) is 14.3. The van der Waals surface area contributed by atoms with E-state index in [0.29, 0.717) is 6.42 Å². The van der Waals surface area contributed by atoms with E-state index in [0.717, 1.165) is 51.4 Å². The molecule has 0 aromatic rings. The van der Waals surface area contributed by atoms with Crippen LogP contribution in [0, 0.1) is 0 Å². The molecular weight excluding hydrogens is 617 g/mol. The monoisotopic (exact) mass is 689 g/mol. The van der Waals surface area contributed by atoms with Crippen molar-refractivity contribution >= 4 is 19.8 Å². The van der Waals surface area contributed by atoms with E-state index in [-0.39, 0.29) is 38.6 Å². The minimum absolute atomic E-state index is 0.0545. The average Bonchev–Trinajstić information content (AvgIpc) is 3.05. The summed E-state index contributed by atoms with van der Waals surface area (Å²) in [6, 6.07) is 0. The maximum Gasteiger partial charge on any atom is 0.472 e. The van der Waals surface area contributed by atoms with Crippen LogP contribution in [0.1, 0.15) is 181 Å². The summed E-state index contributed by atoms with van der Waals surface area (Å²) >= 11 is 0. The summed E-state index contributed by atoms with van der Waals surface area (Å²) in [4.78, 5) is 34.7. The lowest BCUT2D eigenvalue weighted by Gasteiger charge is -2.19. The summed E-state index contributed by atoms with van der Waals surface area (Å²) < 4.78 is 32.6. The molecule has 0 aromatic carbocycles. The summed E-state index contributed by atoms with van der Waals surface area (Å²) in [5.74, 6) is -0.834. The van der Waals surface area contributed by atoms with Gasteiger partial charge in [-0.25, -0.2) is 4.57 Å². The molecule has 0 aromatic heterocycles. The quantitative estimate of drug-likeness (QED) is 0.0285. The van der Waals surface area contributed by atoms with Gasteiger partial charge in [-0.1, -0.05) is 142 Å². The van der Waals surface area contributed by atoms with E-state index < -0.39 is 26.5 Å². The average molecular weight is 690 g/mol. The van der Waals surface area contributed by atoms with Crippen LogP contribution in [0.5, 0.6) is 0 Å². The normalized spacial score (nSPS) is 13.5. The largest absolute Gasteiger partial charge is 0.472 e. The number of rotatable bonds is 36. The molecule has 0 aliphatic rings. The smallest absolute Gasteiger partial charge is 0.462 e. The highest BCUT2D eigenvalue weighted by molar-refractivity contribution is 7.47. The highest BCUT2D eigenvalue weighted by Gasteiger charge is 2.25. The Hall–Kier alpha value is -1.25. The number of carbonyl (C=O) groups is 2. The fourth-order valence-electron chi connectivity index (χ4n) is 5.28. The fourth-order valence-corrected chi connectivity index (χ4v) is 6.04. The molecule has 0 saturated heterocycles. The minimum atomic E-state index is -4.37.